The average molecular weight is 395 g/mol. The Bertz CT molecular complexity index is 781. The van der Waals surface area contributed by atoms with E-state index in [9.17, 15) is 13.2 Å². The second-order valence-corrected chi connectivity index (χ2v) is 9.87. The van der Waals surface area contributed by atoms with Crippen LogP contribution in [0.4, 0.5) is 5.69 Å². The number of unbranched alkanes of at least 4 members (excludes halogenated alkanes) is 3. The van der Waals surface area contributed by atoms with Crippen LogP contribution in [0, 0.1) is 11.8 Å². The quantitative estimate of drug-likeness (QED) is 0.596. The summed E-state index contributed by atoms with van der Waals surface area (Å²) in [5, 5.41) is 8.72. The fraction of sp³-hybridized carbons (Fsp3) is 0.650. The van der Waals surface area contributed by atoms with Gasteiger partial charge in [-0.1, -0.05) is 45.2 Å². The number of rotatable bonds is 10. The van der Waals surface area contributed by atoms with Gasteiger partial charge in [0.05, 0.1) is 0 Å². The molecule has 0 bridgehead atoms. The van der Waals surface area contributed by atoms with Gasteiger partial charge in [-0.05, 0) is 42.5 Å². The highest BCUT2D eigenvalue weighted by Crippen LogP contribution is 2.63. The number of likely N-dealkylation sites (tertiary alicyclic amines) is 1. The third-order valence-corrected chi connectivity index (χ3v) is 7.40. The number of fused-ring (bicyclic) bond motifs is 1. The molecule has 0 amide bonds. The third kappa shape index (κ3) is 4.46. The summed E-state index contributed by atoms with van der Waals surface area (Å²) in [6.07, 6.45) is 5.14. The molecule has 0 spiro atoms. The first-order chi connectivity index (χ1) is 12.8. The smallest absolute Gasteiger partial charge is 0.320 e. The maximum atomic E-state index is 11.9. The molecule has 1 heterocycles. The zero-order valence-electron chi connectivity index (χ0n) is 16.1. The lowest BCUT2D eigenvalue weighted by atomic mass is 9.92. The summed E-state index contributed by atoms with van der Waals surface area (Å²) >= 11 is 0. The van der Waals surface area contributed by atoms with Gasteiger partial charge in [-0.25, -0.2) is 8.42 Å². The summed E-state index contributed by atoms with van der Waals surface area (Å²) in [4.78, 5) is 13.3. The van der Waals surface area contributed by atoms with Crippen molar-refractivity contribution in [2.75, 3.05) is 30.1 Å². The van der Waals surface area contributed by atoms with Gasteiger partial charge in [0.1, 0.15) is 0 Å². The van der Waals surface area contributed by atoms with Crippen molar-refractivity contribution in [2.24, 2.45) is 11.8 Å². The van der Waals surface area contributed by atoms with Crippen molar-refractivity contribution in [3.8, 4) is 0 Å². The maximum Gasteiger partial charge on any atom is 0.320 e. The second-order valence-electron chi connectivity index (χ2n) is 8.15. The molecule has 1 aromatic carbocycles. The SMILES string of the molecule is CCCCCCN1CC2C(C1)C2(C)c1cccc(NS(=O)(=O)CC(=O)O)c1. The Morgan fingerprint density at radius 1 is 1.26 bits per heavy atom. The Kier molecular flexibility index (Phi) is 5.82. The van der Waals surface area contributed by atoms with E-state index in [4.69, 9.17) is 5.11 Å². The largest absolute Gasteiger partial charge is 0.480 e. The molecule has 6 nitrogen and oxygen atoms in total. The van der Waals surface area contributed by atoms with Gasteiger partial charge in [-0.2, -0.15) is 0 Å². The van der Waals surface area contributed by atoms with Crippen LogP contribution in [-0.2, 0) is 20.2 Å². The van der Waals surface area contributed by atoms with Crippen molar-refractivity contribution in [1.29, 1.82) is 0 Å². The minimum atomic E-state index is -3.88. The number of nitrogens with one attached hydrogen (secondary N) is 1. The molecule has 2 fully saturated rings. The Hall–Kier alpha value is -1.60. The van der Waals surface area contributed by atoms with Crippen LogP contribution < -0.4 is 4.72 Å². The molecule has 1 saturated carbocycles. The molecule has 150 valence electrons. The fourth-order valence-electron chi connectivity index (χ4n) is 4.63. The summed E-state index contributed by atoms with van der Waals surface area (Å²) in [6.45, 7) is 7.90. The van der Waals surface area contributed by atoms with E-state index < -0.39 is 21.7 Å². The Morgan fingerprint density at radius 2 is 1.96 bits per heavy atom. The molecule has 1 aliphatic heterocycles. The van der Waals surface area contributed by atoms with Crippen molar-refractivity contribution in [3.63, 3.8) is 0 Å². The fourth-order valence-corrected chi connectivity index (χ4v) is 5.51. The number of nitrogens with zero attached hydrogens (tertiary/aromatic N) is 1. The van der Waals surface area contributed by atoms with Crippen LogP contribution in [0.15, 0.2) is 24.3 Å². The predicted molar refractivity (Wildman–Crippen MR) is 106 cm³/mol. The van der Waals surface area contributed by atoms with E-state index in [2.05, 4.69) is 29.5 Å². The molecule has 27 heavy (non-hydrogen) atoms. The molecule has 7 heteroatoms. The van der Waals surface area contributed by atoms with E-state index in [-0.39, 0.29) is 5.41 Å². The van der Waals surface area contributed by atoms with Crippen molar-refractivity contribution in [3.05, 3.63) is 29.8 Å². The zero-order chi connectivity index (χ0) is 19.7. The zero-order valence-corrected chi connectivity index (χ0v) is 17.0. The van der Waals surface area contributed by atoms with Crippen LogP contribution in [0.25, 0.3) is 0 Å². The number of carboxylic acid groups (broad SMARTS) is 1. The van der Waals surface area contributed by atoms with Crippen LogP contribution >= 0.6 is 0 Å². The maximum absolute atomic E-state index is 11.9. The molecule has 2 unspecified atom stereocenters. The first-order valence-electron chi connectivity index (χ1n) is 9.81. The lowest BCUT2D eigenvalue weighted by Gasteiger charge is -2.24. The van der Waals surface area contributed by atoms with Crippen LogP contribution in [0.2, 0.25) is 0 Å². The number of hydrogen-bond acceptors (Lipinski definition) is 4. The van der Waals surface area contributed by atoms with Crippen LogP contribution in [-0.4, -0.2) is 49.8 Å². The highest BCUT2D eigenvalue weighted by molar-refractivity contribution is 7.93. The van der Waals surface area contributed by atoms with E-state index >= 15 is 0 Å². The molecule has 1 aromatic rings. The first-order valence-corrected chi connectivity index (χ1v) is 11.5. The molecule has 2 aliphatic rings. The van der Waals surface area contributed by atoms with E-state index in [1.807, 2.05) is 12.1 Å². The van der Waals surface area contributed by atoms with E-state index in [0.29, 0.717) is 17.5 Å². The van der Waals surface area contributed by atoms with Gasteiger partial charge in [-0.3, -0.25) is 9.52 Å². The van der Waals surface area contributed by atoms with Crippen molar-refractivity contribution in [1.82, 2.24) is 4.90 Å². The van der Waals surface area contributed by atoms with E-state index in [1.165, 1.54) is 32.2 Å². The Labute approximate surface area is 162 Å². The number of aliphatic carboxylic acids is 1. The molecule has 1 saturated heterocycles. The van der Waals surface area contributed by atoms with Gasteiger partial charge in [0.2, 0.25) is 10.0 Å². The van der Waals surface area contributed by atoms with Crippen molar-refractivity contribution in [2.45, 2.75) is 44.9 Å². The normalized spacial score (nSPS) is 27.3. The molecular weight excluding hydrogens is 364 g/mol. The summed E-state index contributed by atoms with van der Waals surface area (Å²) in [7, 11) is -3.88. The molecule has 2 atom stereocenters. The Balaban J connectivity index is 1.60. The number of carbonyl (C=O) groups is 1. The molecule has 0 aromatic heterocycles. The standard InChI is InChI=1S/C20H30N2O4S/c1-3-4-5-6-10-22-12-17-18(13-22)20(17,2)15-8-7-9-16(11-15)21-27(25,26)14-19(23)24/h7-9,11,17-18,21H,3-6,10,12-14H2,1-2H3,(H,23,24). The van der Waals surface area contributed by atoms with Gasteiger partial charge >= 0.3 is 5.97 Å². The molecule has 3 rings (SSSR count). The number of sulfonamides is 1. The van der Waals surface area contributed by atoms with Gasteiger partial charge in [0.25, 0.3) is 0 Å². The number of hydrogen-bond donors (Lipinski definition) is 2. The van der Waals surface area contributed by atoms with Gasteiger partial charge < -0.3 is 10.0 Å². The molecule has 0 radical (unpaired) electrons. The van der Waals surface area contributed by atoms with Crippen LogP contribution in [0.1, 0.15) is 45.1 Å². The number of carboxylic acids is 1. The summed E-state index contributed by atoms with van der Waals surface area (Å²) in [5.41, 5.74) is 1.67. The van der Waals surface area contributed by atoms with Crippen LogP contribution in [0.3, 0.4) is 0 Å². The third-order valence-electron chi connectivity index (χ3n) is 6.23. The molecule has 2 N–H and O–H groups in total. The number of benzene rings is 1. The monoisotopic (exact) mass is 394 g/mol. The summed E-state index contributed by atoms with van der Waals surface area (Å²) < 4.78 is 26.1. The van der Waals surface area contributed by atoms with Crippen molar-refractivity contribution >= 4 is 21.7 Å². The minimum absolute atomic E-state index is 0.0914. The first kappa shape index (κ1) is 20.1. The van der Waals surface area contributed by atoms with E-state index in [1.54, 1.807) is 6.07 Å². The highest BCUT2D eigenvalue weighted by atomic mass is 32.2. The number of piperidine rings is 1. The second kappa shape index (κ2) is 7.80. The predicted octanol–water partition coefficient (Wildman–Crippen LogP) is 2.91. The summed E-state index contributed by atoms with van der Waals surface area (Å²) in [6, 6.07) is 7.43. The molecule has 1 aliphatic carbocycles. The highest BCUT2D eigenvalue weighted by Gasteiger charge is 2.65. The number of anilines is 1. The van der Waals surface area contributed by atoms with Gasteiger partial charge in [-0.15, -0.1) is 0 Å². The van der Waals surface area contributed by atoms with Crippen molar-refractivity contribution < 1.29 is 18.3 Å². The summed E-state index contributed by atoms with van der Waals surface area (Å²) in [5.74, 6) is -1.04. The topological polar surface area (TPSA) is 86.7 Å². The average Bonchev–Trinajstić information content (AvgIpc) is 2.93. The molecular formula is C20H30N2O4S. The minimum Gasteiger partial charge on any atom is -0.480 e. The Morgan fingerprint density at radius 3 is 2.59 bits per heavy atom. The lowest BCUT2D eigenvalue weighted by Crippen LogP contribution is -2.30. The van der Waals surface area contributed by atoms with E-state index in [0.717, 1.165) is 18.7 Å². The van der Waals surface area contributed by atoms with Crippen LogP contribution in [0.5, 0.6) is 0 Å². The lowest BCUT2D eigenvalue weighted by molar-refractivity contribution is -0.134. The van der Waals surface area contributed by atoms with Gasteiger partial charge in [0, 0.05) is 24.2 Å². The van der Waals surface area contributed by atoms with Gasteiger partial charge in [0.15, 0.2) is 5.75 Å².